The second-order valence-corrected chi connectivity index (χ2v) is 5.41. The molecule has 5 nitrogen and oxygen atoms in total. The van der Waals surface area contributed by atoms with E-state index in [-0.39, 0.29) is 24.5 Å². The van der Waals surface area contributed by atoms with Gasteiger partial charge in [0.25, 0.3) is 5.91 Å². The van der Waals surface area contributed by atoms with E-state index in [1.807, 2.05) is 24.6 Å². The maximum absolute atomic E-state index is 12.3. The van der Waals surface area contributed by atoms with Crippen LogP contribution in [0, 0.1) is 12.8 Å². The summed E-state index contributed by atoms with van der Waals surface area (Å²) in [5.74, 6) is 0.192. The van der Waals surface area contributed by atoms with Gasteiger partial charge in [0, 0.05) is 13.2 Å². The molecule has 1 amide bonds. The lowest BCUT2D eigenvalue weighted by Crippen LogP contribution is -2.31. The first-order valence-electron chi connectivity index (χ1n) is 7.48. The van der Waals surface area contributed by atoms with Crippen molar-refractivity contribution in [3.8, 4) is 0 Å². The summed E-state index contributed by atoms with van der Waals surface area (Å²) in [6.07, 6.45) is 2.61. The van der Waals surface area contributed by atoms with Crippen LogP contribution in [-0.4, -0.2) is 33.9 Å². The molecular formula is C15H27N3O2. The topological polar surface area (TPSA) is 67.2 Å². The minimum atomic E-state index is -0.0812. The number of nitrogens with zero attached hydrogens (tertiary/aromatic N) is 2. The van der Waals surface area contributed by atoms with Crippen molar-refractivity contribution in [2.45, 2.75) is 53.0 Å². The predicted molar refractivity (Wildman–Crippen MR) is 79.8 cm³/mol. The fourth-order valence-corrected chi connectivity index (χ4v) is 2.28. The Morgan fingerprint density at radius 3 is 2.65 bits per heavy atom. The first-order valence-corrected chi connectivity index (χ1v) is 7.48. The molecule has 114 valence electrons. The van der Waals surface area contributed by atoms with Crippen molar-refractivity contribution in [3.63, 3.8) is 0 Å². The van der Waals surface area contributed by atoms with Crippen molar-refractivity contribution in [1.82, 2.24) is 15.1 Å². The number of nitrogens with one attached hydrogen (secondary N) is 1. The van der Waals surface area contributed by atoms with Gasteiger partial charge in [-0.15, -0.1) is 0 Å². The van der Waals surface area contributed by atoms with Crippen LogP contribution in [0.5, 0.6) is 0 Å². The van der Waals surface area contributed by atoms with E-state index in [2.05, 4.69) is 24.3 Å². The number of hydrogen-bond acceptors (Lipinski definition) is 3. The predicted octanol–water partition coefficient (Wildman–Crippen LogP) is 2.30. The molecule has 1 heterocycles. The molecule has 0 saturated carbocycles. The van der Waals surface area contributed by atoms with Crippen molar-refractivity contribution in [3.05, 3.63) is 17.5 Å². The summed E-state index contributed by atoms with van der Waals surface area (Å²) < 4.78 is 1.85. The third kappa shape index (κ3) is 4.34. The number of carbonyl (C=O) groups is 1. The van der Waals surface area contributed by atoms with Crippen LogP contribution in [0.15, 0.2) is 6.07 Å². The van der Waals surface area contributed by atoms with E-state index >= 15 is 0 Å². The van der Waals surface area contributed by atoms with Crippen LogP contribution in [0.25, 0.3) is 0 Å². The molecule has 1 aromatic rings. The molecule has 0 aromatic carbocycles. The van der Waals surface area contributed by atoms with Gasteiger partial charge < -0.3 is 10.4 Å². The minimum absolute atomic E-state index is 0.0812. The van der Waals surface area contributed by atoms with Crippen LogP contribution in [0.1, 0.15) is 62.3 Å². The molecule has 1 atom stereocenters. The standard InChI is InChI=1S/C15H27N3O2/c1-5-13(6-2)18-14(9-12(4)17-18)15(20)16-10-11(3)7-8-19/h9,11,13,19H,5-8,10H2,1-4H3,(H,16,20). The maximum atomic E-state index is 12.3. The van der Waals surface area contributed by atoms with Crippen molar-refractivity contribution in [2.75, 3.05) is 13.2 Å². The number of rotatable bonds is 8. The van der Waals surface area contributed by atoms with E-state index in [9.17, 15) is 4.79 Å². The molecule has 2 N–H and O–H groups in total. The van der Waals surface area contributed by atoms with Gasteiger partial charge in [-0.3, -0.25) is 9.48 Å². The Hall–Kier alpha value is -1.36. The molecule has 20 heavy (non-hydrogen) atoms. The first kappa shape index (κ1) is 16.7. The normalized spacial score (nSPS) is 12.7. The van der Waals surface area contributed by atoms with Gasteiger partial charge in [-0.25, -0.2) is 0 Å². The lowest BCUT2D eigenvalue weighted by molar-refractivity contribution is 0.0931. The number of amides is 1. The highest BCUT2D eigenvalue weighted by atomic mass is 16.3. The summed E-state index contributed by atoms with van der Waals surface area (Å²) in [4.78, 5) is 12.3. The smallest absolute Gasteiger partial charge is 0.269 e. The van der Waals surface area contributed by atoms with Gasteiger partial charge in [0.2, 0.25) is 0 Å². The van der Waals surface area contributed by atoms with Crippen molar-refractivity contribution in [1.29, 1.82) is 0 Å². The van der Waals surface area contributed by atoms with Gasteiger partial charge in [0.05, 0.1) is 11.7 Å². The third-order valence-electron chi connectivity index (χ3n) is 3.61. The highest BCUT2D eigenvalue weighted by Gasteiger charge is 2.18. The Labute approximate surface area is 121 Å². The minimum Gasteiger partial charge on any atom is -0.396 e. The lowest BCUT2D eigenvalue weighted by Gasteiger charge is -2.17. The summed E-state index contributed by atoms with van der Waals surface area (Å²) in [5.41, 5.74) is 1.50. The molecule has 1 unspecified atom stereocenters. The molecule has 0 bridgehead atoms. The highest BCUT2D eigenvalue weighted by Crippen LogP contribution is 2.18. The van der Waals surface area contributed by atoms with E-state index in [1.54, 1.807) is 0 Å². The molecule has 5 heteroatoms. The number of carbonyl (C=O) groups excluding carboxylic acids is 1. The number of hydrogen-bond donors (Lipinski definition) is 2. The van der Waals surface area contributed by atoms with E-state index in [0.717, 1.165) is 18.5 Å². The van der Waals surface area contributed by atoms with Gasteiger partial charge in [-0.1, -0.05) is 20.8 Å². The van der Waals surface area contributed by atoms with Crippen LogP contribution in [0.4, 0.5) is 0 Å². The molecule has 0 aliphatic rings. The Morgan fingerprint density at radius 2 is 2.10 bits per heavy atom. The quantitative estimate of drug-likeness (QED) is 0.768. The number of aliphatic hydroxyl groups is 1. The van der Waals surface area contributed by atoms with Crippen LogP contribution in [-0.2, 0) is 0 Å². The summed E-state index contributed by atoms with van der Waals surface area (Å²) in [6, 6.07) is 2.10. The van der Waals surface area contributed by atoms with Gasteiger partial charge >= 0.3 is 0 Å². The Morgan fingerprint density at radius 1 is 1.45 bits per heavy atom. The second-order valence-electron chi connectivity index (χ2n) is 5.41. The average Bonchev–Trinajstić information content (AvgIpc) is 2.80. The van der Waals surface area contributed by atoms with Gasteiger partial charge in [0.1, 0.15) is 5.69 Å². The molecule has 1 aromatic heterocycles. The summed E-state index contributed by atoms with van der Waals surface area (Å²) in [5, 5.41) is 16.3. The summed E-state index contributed by atoms with van der Waals surface area (Å²) >= 11 is 0. The molecule has 1 rings (SSSR count). The zero-order chi connectivity index (χ0) is 15.1. The first-order chi connectivity index (χ1) is 9.53. The molecule has 0 aliphatic heterocycles. The van der Waals surface area contributed by atoms with Crippen molar-refractivity contribution < 1.29 is 9.90 Å². The van der Waals surface area contributed by atoms with Gasteiger partial charge in [-0.05, 0) is 38.2 Å². The van der Waals surface area contributed by atoms with E-state index in [0.29, 0.717) is 18.7 Å². The molecule has 0 fully saturated rings. The largest absolute Gasteiger partial charge is 0.396 e. The van der Waals surface area contributed by atoms with Crippen molar-refractivity contribution in [2.24, 2.45) is 5.92 Å². The van der Waals surface area contributed by atoms with Crippen LogP contribution < -0.4 is 5.32 Å². The fourth-order valence-electron chi connectivity index (χ4n) is 2.28. The highest BCUT2D eigenvalue weighted by molar-refractivity contribution is 5.92. The second kappa shape index (κ2) is 8.04. The SMILES string of the molecule is CCC(CC)n1nc(C)cc1C(=O)NCC(C)CCO. The van der Waals surface area contributed by atoms with Crippen LogP contribution >= 0.6 is 0 Å². The number of aryl methyl sites for hydroxylation is 1. The fraction of sp³-hybridized carbons (Fsp3) is 0.733. The number of aromatic nitrogens is 2. The van der Waals surface area contributed by atoms with Crippen LogP contribution in [0.3, 0.4) is 0 Å². The molecule has 0 radical (unpaired) electrons. The Balaban J connectivity index is 2.77. The lowest BCUT2D eigenvalue weighted by atomic mass is 10.1. The van der Waals surface area contributed by atoms with Gasteiger partial charge in [0.15, 0.2) is 0 Å². The molecule has 0 saturated heterocycles. The van der Waals surface area contributed by atoms with Crippen molar-refractivity contribution >= 4 is 5.91 Å². The zero-order valence-corrected chi connectivity index (χ0v) is 13.0. The van der Waals surface area contributed by atoms with Gasteiger partial charge in [-0.2, -0.15) is 5.10 Å². The summed E-state index contributed by atoms with van der Waals surface area (Å²) in [7, 11) is 0. The molecule has 0 spiro atoms. The Bertz CT molecular complexity index is 425. The molecular weight excluding hydrogens is 254 g/mol. The monoisotopic (exact) mass is 281 g/mol. The van der Waals surface area contributed by atoms with E-state index < -0.39 is 0 Å². The Kier molecular flexibility index (Phi) is 6.71. The average molecular weight is 281 g/mol. The summed E-state index contributed by atoms with van der Waals surface area (Å²) in [6.45, 7) is 8.87. The van der Waals surface area contributed by atoms with E-state index in [4.69, 9.17) is 5.11 Å². The maximum Gasteiger partial charge on any atom is 0.269 e. The number of aliphatic hydroxyl groups excluding tert-OH is 1. The van der Waals surface area contributed by atoms with E-state index in [1.165, 1.54) is 0 Å². The molecule has 0 aliphatic carbocycles. The third-order valence-corrected chi connectivity index (χ3v) is 3.61. The zero-order valence-electron chi connectivity index (χ0n) is 13.0. The van der Waals surface area contributed by atoms with Crippen LogP contribution in [0.2, 0.25) is 0 Å².